The van der Waals surface area contributed by atoms with Crippen LogP contribution < -0.4 is 4.74 Å². The minimum absolute atomic E-state index is 0.0579. The summed E-state index contributed by atoms with van der Waals surface area (Å²) in [6.45, 7) is 0. The second-order valence-electron chi connectivity index (χ2n) is 4.11. The van der Waals surface area contributed by atoms with Gasteiger partial charge in [0.25, 0.3) is 5.78 Å². The van der Waals surface area contributed by atoms with Crippen molar-refractivity contribution in [3.05, 3.63) is 65.7 Å². The van der Waals surface area contributed by atoms with Gasteiger partial charge in [0.05, 0.1) is 5.56 Å². The molecule has 0 aliphatic rings. The number of Topliss-reactive ketones (excluding diaryl/α,β-unsaturated/α-hetero) is 1. The molecule has 0 unspecified atom stereocenters. The molecule has 0 heterocycles. The summed E-state index contributed by atoms with van der Waals surface area (Å²) in [6, 6.07) is 12.3. The van der Waals surface area contributed by atoms with Crippen LogP contribution in [0.4, 0.5) is 13.2 Å². The Hall–Kier alpha value is -2.63. The summed E-state index contributed by atoms with van der Waals surface area (Å²) < 4.78 is 41.7. The molecule has 0 atom stereocenters. The highest BCUT2D eigenvalue weighted by Gasteiger charge is 2.39. The molecule has 2 rings (SSSR count). The summed E-state index contributed by atoms with van der Waals surface area (Å²) in [6.07, 6.45) is -4.93. The fraction of sp³-hybridized carbons (Fsp3) is 0.0667. The summed E-state index contributed by atoms with van der Waals surface area (Å²) >= 11 is 0. The van der Waals surface area contributed by atoms with E-state index in [2.05, 4.69) is 0 Å². The fourth-order valence-electron chi connectivity index (χ4n) is 1.58. The molecule has 0 saturated carbocycles. The summed E-state index contributed by atoms with van der Waals surface area (Å²) in [5.41, 5.74) is -0.199. The van der Waals surface area contributed by atoms with Gasteiger partial charge in [-0.15, -0.1) is 0 Å². The first-order valence-corrected chi connectivity index (χ1v) is 5.87. The topological polar surface area (TPSA) is 43.4 Å². The lowest BCUT2D eigenvalue weighted by Crippen LogP contribution is -2.22. The van der Waals surface area contributed by atoms with Crippen molar-refractivity contribution in [3.8, 4) is 5.75 Å². The molecule has 108 valence electrons. The molecule has 0 fully saturated rings. The van der Waals surface area contributed by atoms with Crippen LogP contribution in [0.1, 0.15) is 20.7 Å². The summed E-state index contributed by atoms with van der Waals surface area (Å²) in [5.74, 6) is -2.52. The predicted molar refractivity (Wildman–Crippen MR) is 68.2 cm³/mol. The Balaban J connectivity index is 2.10. The zero-order valence-electron chi connectivity index (χ0n) is 10.6. The average molecular weight is 294 g/mol. The maximum absolute atomic E-state index is 12.2. The Morgan fingerprint density at radius 3 is 1.90 bits per heavy atom. The Bertz CT molecular complexity index is 646. The third-order valence-electron chi connectivity index (χ3n) is 2.59. The summed E-state index contributed by atoms with van der Waals surface area (Å²) in [5, 5.41) is 0. The smallest absolute Gasteiger partial charge is 0.423 e. The van der Waals surface area contributed by atoms with Gasteiger partial charge in [0.2, 0.25) is 0 Å². The van der Waals surface area contributed by atoms with Gasteiger partial charge in [-0.05, 0) is 36.4 Å². The predicted octanol–water partition coefficient (Wildman–Crippen LogP) is 3.65. The normalized spacial score (nSPS) is 11.0. The van der Waals surface area contributed by atoms with Crippen LogP contribution in [0.25, 0.3) is 0 Å². The van der Waals surface area contributed by atoms with Crippen molar-refractivity contribution in [2.45, 2.75) is 6.18 Å². The molecule has 0 saturated heterocycles. The van der Waals surface area contributed by atoms with Gasteiger partial charge in [-0.2, -0.15) is 13.2 Å². The van der Waals surface area contributed by atoms with E-state index in [0.717, 1.165) is 24.3 Å². The van der Waals surface area contributed by atoms with Crippen molar-refractivity contribution in [1.82, 2.24) is 0 Å². The second kappa shape index (κ2) is 5.78. The van der Waals surface area contributed by atoms with Crippen LogP contribution >= 0.6 is 0 Å². The highest BCUT2D eigenvalue weighted by Crippen LogP contribution is 2.23. The zero-order chi connectivity index (χ0) is 15.5. The molecule has 2 aromatic rings. The van der Waals surface area contributed by atoms with Crippen molar-refractivity contribution in [2.75, 3.05) is 0 Å². The molecular weight excluding hydrogens is 285 g/mol. The highest BCUT2D eigenvalue weighted by molar-refractivity contribution is 6.00. The van der Waals surface area contributed by atoms with E-state index in [0.29, 0.717) is 5.56 Å². The fourth-order valence-corrected chi connectivity index (χ4v) is 1.58. The molecular formula is C15H9F3O3. The molecule has 0 amide bonds. The third kappa shape index (κ3) is 3.68. The molecule has 21 heavy (non-hydrogen) atoms. The van der Waals surface area contributed by atoms with E-state index in [4.69, 9.17) is 4.74 Å². The van der Waals surface area contributed by atoms with Crippen molar-refractivity contribution in [1.29, 1.82) is 0 Å². The van der Waals surface area contributed by atoms with E-state index < -0.39 is 23.5 Å². The standard InChI is InChI=1S/C15H9F3O3/c16-15(17,18)13(19)10-6-8-12(9-7-10)21-14(20)11-4-2-1-3-5-11/h1-9H. The van der Waals surface area contributed by atoms with E-state index in [-0.39, 0.29) is 5.75 Å². The van der Waals surface area contributed by atoms with Gasteiger partial charge in [0.1, 0.15) is 5.75 Å². The SMILES string of the molecule is O=C(Oc1ccc(C(=O)C(F)(F)F)cc1)c1ccccc1. The molecule has 0 aromatic heterocycles. The lowest BCUT2D eigenvalue weighted by atomic mass is 10.1. The Kier molecular flexibility index (Phi) is 4.07. The lowest BCUT2D eigenvalue weighted by molar-refractivity contribution is -0.0885. The van der Waals surface area contributed by atoms with Crippen LogP contribution in [0.3, 0.4) is 0 Å². The van der Waals surface area contributed by atoms with Gasteiger partial charge in [-0.1, -0.05) is 18.2 Å². The van der Waals surface area contributed by atoms with Crippen LogP contribution in [-0.2, 0) is 0 Å². The quantitative estimate of drug-likeness (QED) is 0.493. The molecule has 0 spiro atoms. The van der Waals surface area contributed by atoms with Gasteiger partial charge in [0.15, 0.2) is 0 Å². The number of ether oxygens (including phenoxy) is 1. The molecule has 3 nitrogen and oxygen atoms in total. The monoisotopic (exact) mass is 294 g/mol. The van der Waals surface area contributed by atoms with Gasteiger partial charge in [0, 0.05) is 5.56 Å². The number of halogens is 3. The van der Waals surface area contributed by atoms with Crippen LogP contribution in [0.15, 0.2) is 54.6 Å². The van der Waals surface area contributed by atoms with E-state index >= 15 is 0 Å². The number of carbonyl (C=O) groups excluding carboxylic acids is 2. The van der Waals surface area contributed by atoms with Crippen LogP contribution in [0.2, 0.25) is 0 Å². The third-order valence-corrected chi connectivity index (χ3v) is 2.59. The first kappa shape index (κ1) is 14.8. The van der Waals surface area contributed by atoms with Crippen molar-refractivity contribution < 1.29 is 27.5 Å². The first-order valence-electron chi connectivity index (χ1n) is 5.87. The van der Waals surface area contributed by atoms with Gasteiger partial charge in [-0.25, -0.2) is 4.79 Å². The maximum Gasteiger partial charge on any atom is 0.454 e. The minimum Gasteiger partial charge on any atom is -0.423 e. The van der Waals surface area contributed by atoms with Crippen LogP contribution in [0, 0.1) is 0 Å². The van der Waals surface area contributed by atoms with Gasteiger partial charge >= 0.3 is 12.1 Å². The van der Waals surface area contributed by atoms with E-state index in [9.17, 15) is 22.8 Å². The largest absolute Gasteiger partial charge is 0.454 e. The van der Waals surface area contributed by atoms with Crippen molar-refractivity contribution >= 4 is 11.8 Å². The number of benzene rings is 2. The number of hydrogen-bond acceptors (Lipinski definition) is 3. The molecule has 0 aliphatic heterocycles. The summed E-state index contributed by atoms with van der Waals surface area (Å²) in [4.78, 5) is 22.7. The van der Waals surface area contributed by atoms with Crippen LogP contribution in [0.5, 0.6) is 5.75 Å². The molecule has 2 aromatic carbocycles. The molecule has 6 heteroatoms. The van der Waals surface area contributed by atoms with Gasteiger partial charge < -0.3 is 4.74 Å². The van der Waals surface area contributed by atoms with Crippen molar-refractivity contribution in [3.63, 3.8) is 0 Å². The Morgan fingerprint density at radius 1 is 0.810 bits per heavy atom. The first-order chi connectivity index (χ1) is 9.88. The molecule has 0 aliphatic carbocycles. The van der Waals surface area contributed by atoms with Crippen molar-refractivity contribution in [2.24, 2.45) is 0 Å². The van der Waals surface area contributed by atoms with E-state index in [1.807, 2.05) is 0 Å². The highest BCUT2D eigenvalue weighted by atomic mass is 19.4. The van der Waals surface area contributed by atoms with E-state index in [1.165, 1.54) is 0 Å². The Labute approximate surface area is 118 Å². The molecule has 0 N–H and O–H groups in total. The zero-order valence-corrected chi connectivity index (χ0v) is 10.6. The number of hydrogen-bond donors (Lipinski definition) is 0. The number of alkyl halides is 3. The number of rotatable bonds is 3. The Morgan fingerprint density at radius 2 is 1.38 bits per heavy atom. The molecule has 0 radical (unpaired) electrons. The van der Waals surface area contributed by atoms with E-state index in [1.54, 1.807) is 30.3 Å². The number of esters is 1. The number of ketones is 1. The number of carbonyl (C=O) groups is 2. The maximum atomic E-state index is 12.2. The minimum atomic E-state index is -4.93. The average Bonchev–Trinajstić information content (AvgIpc) is 2.47. The summed E-state index contributed by atoms with van der Waals surface area (Å²) in [7, 11) is 0. The second-order valence-corrected chi connectivity index (χ2v) is 4.11. The van der Waals surface area contributed by atoms with Gasteiger partial charge in [-0.3, -0.25) is 4.79 Å². The molecule has 0 bridgehead atoms. The van der Waals surface area contributed by atoms with Crippen LogP contribution in [-0.4, -0.2) is 17.9 Å². The lowest BCUT2D eigenvalue weighted by Gasteiger charge is -2.07.